The maximum atomic E-state index is 11.4. The number of hydrogen-bond donors (Lipinski definition) is 2. The first-order chi connectivity index (χ1) is 8.52. The Labute approximate surface area is 110 Å². The van der Waals surface area contributed by atoms with E-state index in [9.17, 15) is 9.59 Å². The summed E-state index contributed by atoms with van der Waals surface area (Å²) < 4.78 is 0. The van der Waals surface area contributed by atoms with E-state index >= 15 is 0 Å². The highest BCUT2D eigenvalue weighted by molar-refractivity contribution is 6.31. The average Bonchev–Trinajstić information content (AvgIpc) is 2.31. The van der Waals surface area contributed by atoms with Crippen molar-refractivity contribution < 1.29 is 9.59 Å². The molecule has 5 nitrogen and oxygen atoms in total. The molecule has 0 saturated carbocycles. The molecule has 3 amide bonds. The van der Waals surface area contributed by atoms with E-state index in [0.717, 1.165) is 5.56 Å². The van der Waals surface area contributed by atoms with Crippen molar-refractivity contribution in [3.05, 3.63) is 29.8 Å². The Bertz CT molecular complexity index is 477. The maximum Gasteiger partial charge on any atom is 0.325 e. The van der Waals surface area contributed by atoms with Crippen LogP contribution in [0.25, 0.3) is 0 Å². The SMILES string of the molecule is CC(Cl)C(=O)NC(=O)Nc1ccc(CC#N)cc1. The molecule has 0 saturated heterocycles. The average molecular weight is 266 g/mol. The van der Waals surface area contributed by atoms with Gasteiger partial charge in [-0.1, -0.05) is 12.1 Å². The summed E-state index contributed by atoms with van der Waals surface area (Å²) in [6.45, 7) is 1.47. The van der Waals surface area contributed by atoms with Crippen molar-refractivity contribution in [1.82, 2.24) is 5.32 Å². The molecule has 6 heteroatoms. The Kier molecular flexibility index (Phi) is 5.15. The third-order valence-electron chi connectivity index (χ3n) is 2.09. The molecule has 0 aliphatic heterocycles. The van der Waals surface area contributed by atoms with Gasteiger partial charge in [0.25, 0.3) is 0 Å². The molecule has 0 radical (unpaired) electrons. The number of carbonyl (C=O) groups excluding carboxylic acids is 2. The largest absolute Gasteiger partial charge is 0.325 e. The van der Waals surface area contributed by atoms with Crippen molar-refractivity contribution in [3.8, 4) is 6.07 Å². The molecule has 1 aromatic rings. The molecule has 94 valence electrons. The molecule has 0 heterocycles. The van der Waals surface area contributed by atoms with E-state index in [2.05, 4.69) is 10.6 Å². The number of imide groups is 1. The summed E-state index contributed by atoms with van der Waals surface area (Å²) in [6.07, 6.45) is 0.314. The number of nitrogens with zero attached hydrogens (tertiary/aromatic N) is 1. The lowest BCUT2D eigenvalue weighted by molar-refractivity contribution is -0.119. The standard InChI is InChI=1S/C12H12ClN3O2/c1-8(13)11(17)16-12(18)15-10-4-2-9(3-5-10)6-7-14/h2-5,8H,6H2,1H3,(H2,15,16,17,18). The summed E-state index contributed by atoms with van der Waals surface area (Å²) in [4.78, 5) is 22.5. The van der Waals surface area contributed by atoms with Gasteiger partial charge in [-0.15, -0.1) is 11.6 Å². The fourth-order valence-corrected chi connectivity index (χ4v) is 1.23. The summed E-state index contributed by atoms with van der Waals surface area (Å²) in [6, 6.07) is 8.15. The van der Waals surface area contributed by atoms with Gasteiger partial charge in [-0.2, -0.15) is 5.26 Å². The highest BCUT2D eigenvalue weighted by Gasteiger charge is 2.12. The Morgan fingerprint density at radius 1 is 1.39 bits per heavy atom. The van der Waals surface area contributed by atoms with E-state index < -0.39 is 17.3 Å². The molecular formula is C12H12ClN3O2. The van der Waals surface area contributed by atoms with Crippen molar-refractivity contribution in [1.29, 1.82) is 5.26 Å². The van der Waals surface area contributed by atoms with Crippen LogP contribution in [-0.4, -0.2) is 17.3 Å². The molecule has 1 unspecified atom stereocenters. The quantitative estimate of drug-likeness (QED) is 0.821. The minimum absolute atomic E-state index is 0.314. The number of hydrogen-bond acceptors (Lipinski definition) is 3. The minimum atomic E-state index is -0.770. The van der Waals surface area contributed by atoms with E-state index in [4.69, 9.17) is 16.9 Å². The van der Waals surface area contributed by atoms with Crippen LogP contribution in [0.3, 0.4) is 0 Å². The molecule has 1 aromatic carbocycles. The molecule has 0 aliphatic carbocycles. The molecule has 1 rings (SSSR count). The predicted molar refractivity (Wildman–Crippen MR) is 68.2 cm³/mol. The molecule has 18 heavy (non-hydrogen) atoms. The zero-order valence-corrected chi connectivity index (χ0v) is 10.5. The van der Waals surface area contributed by atoms with Gasteiger partial charge in [0.2, 0.25) is 5.91 Å². The van der Waals surface area contributed by atoms with Gasteiger partial charge in [-0.3, -0.25) is 10.1 Å². The number of urea groups is 1. The minimum Gasteiger partial charge on any atom is -0.308 e. The van der Waals surface area contributed by atoms with Crippen molar-refractivity contribution in [2.75, 3.05) is 5.32 Å². The fourth-order valence-electron chi connectivity index (χ4n) is 1.17. The summed E-state index contributed by atoms with van der Waals surface area (Å²) in [5.41, 5.74) is 1.39. The van der Waals surface area contributed by atoms with E-state index in [-0.39, 0.29) is 0 Å². The third-order valence-corrected chi connectivity index (χ3v) is 2.29. The molecule has 0 bridgehead atoms. The van der Waals surface area contributed by atoms with Crippen LogP contribution in [0.1, 0.15) is 12.5 Å². The Balaban J connectivity index is 2.55. The fraction of sp³-hybridized carbons (Fsp3) is 0.250. The van der Waals surface area contributed by atoms with Crippen LogP contribution in [-0.2, 0) is 11.2 Å². The van der Waals surface area contributed by atoms with Gasteiger partial charge in [0.15, 0.2) is 0 Å². The number of anilines is 1. The summed E-state index contributed by atoms with van der Waals surface area (Å²) in [7, 11) is 0. The monoisotopic (exact) mass is 265 g/mol. The van der Waals surface area contributed by atoms with Crippen LogP contribution in [0.15, 0.2) is 24.3 Å². The summed E-state index contributed by atoms with van der Waals surface area (Å²) in [5, 5.41) is 12.3. The van der Waals surface area contributed by atoms with Crippen LogP contribution in [0, 0.1) is 11.3 Å². The number of rotatable bonds is 3. The number of carbonyl (C=O) groups is 2. The maximum absolute atomic E-state index is 11.4. The molecule has 1 atom stereocenters. The van der Waals surface area contributed by atoms with Crippen LogP contribution < -0.4 is 10.6 Å². The number of nitrogens with one attached hydrogen (secondary N) is 2. The van der Waals surface area contributed by atoms with Crippen LogP contribution >= 0.6 is 11.6 Å². The first-order valence-electron chi connectivity index (χ1n) is 5.24. The summed E-state index contributed by atoms with van der Waals surface area (Å²) >= 11 is 5.51. The lowest BCUT2D eigenvalue weighted by Crippen LogP contribution is -2.38. The van der Waals surface area contributed by atoms with Crippen molar-refractivity contribution in [3.63, 3.8) is 0 Å². The van der Waals surface area contributed by atoms with E-state index in [0.29, 0.717) is 12.1 Å². The molecule has 0 aromatic heterocycles. The van der Waals surface area contributed by atoms with Gasteiger partial charge in [-0.05, 0) is 24.6 Å². The van der Waals surface area contributed by atoms with Gasteiger partial charge >= 0.3 is 6.03 Å². The zero-order chi connectivity index (χ0) is 13.5. The van der Waals surface area contributed by atoms with Crippen LogP contribution in [0.5, 0.6) is 0 Å². The Hall–Kier alpha value is -2.06. The van der Waals surface area contributed by atoms with Crippen LogP contribution in [0.2, 0.25) is 0 Å². The topological polar surface area (TPSA) is 82.0 Å². The molecule has 0 aliphatic rings. The second-order valence-electron chi connectivity index (χ2n) is 3.59. The Morgan fingerprint density at radius 3 is 2.50 bits per heavy atom. The third kappa shape index (κ3) is 4.44. The predicted octanol–water partition coefficient (Wildman–Crippen LogP) is 2.03. The number of halogens is 1. The van der Waals surface area contributed by atoms with E-state index in [1.165, 1.54) is 6.92 Å². The molecule has 2 N–H and O–H groups in total. The zero-order valence-electron chi connectivity index (χ0n) is 9.74. The van der Waals surface area contributed by atoms with Gasteiger partial charge < -0.3 is 5.32 Å². The van der Waals surface area contributed by atoms with Crippen LogP contribution in [0.4, 0.5) is 10.5 Å². The van der Waals surface area contributed by atoms with Gasteiger partial charge in [-0.25, -0.2) is 4.79 Å². The number of amides is 3. The lowest BCUT2D eigenvalue weighted by Gasteiger charge is -2.07. The second-order valence-corrected chi connectivity index (χ2v) is 4.25. The van der Waals surface area contributed by atoms with Crippen molar-refractivity contribution in [2.24, 2.45) is 0 Å². The van der Waals surface area contributed by atoms with Gasteiger partial charge in [0.05, 0.1) is 12.5 Å². The van der Waals surface area contributed by atoms with Gasteiger partial charge in [0.1, 0.15) is 5.38 Å². The van der Waals surface area contributed by atoms with Gasteiger partial charge in [0, 0.05) is 5.69 Å². The molecular weight excluding hydrogens is 254 g/mol. The number of alkyl halides is 1. The second kappa shape index (κ2) is 6.62. The highest BCUT2D eigenvalue weighted by atomic mass is 35.5. The van der Waals surface area contributed by atoms with Crippen molar-refractivity contribution >= 4 is 29.2 Å². The smallest absolute Gasteiger partial charge is 0.308 e. The highest BCUT2D eigenvalue weighted by Crippen LogP contribution is 2.09. The Morgan fingerprint density at radius 2 is 2.00 bits per heavy atom. The molecule has 0 fully saturated rings. The first kappa shape index (κ1) is 14.0. The summed E-state index contributed by atoms with van der Waals surface area (Å²) in [5.74, 6) is -0.560. The first-order valence-corrected chi connectivity index (χ1v) is 5.68. The number of nitriles is 1. The van der Waals surface area contributed by atoms with E-state index in [1.807, 2.05) is 6.07 Å². The molecule has 0 spiro atoms. The van der Waals surface area contributed by atoms with Crippen molar-refractivity contribution in [2.45, 2.75) is 18.7 Å². The normalized spacial score (nSPS) is 11.2. The van der Waals surface area contributed by atoms with E-state index in [1.54, 1.807) is 24.3 Å². The lowest BCUT2D eigenvalue weighted by atomic mass is 10.1. The number of benzene rings is 1.